The predicted molar refractivity (Wildman–Crippen MR) is 77.1 cm³/mol. The molecule has 1 fully saturated rings. The average molecular weight is 292 g/mol. The Kier molecular flexibility index (Phi) is 5.16. The highest BCUT2D eigenvalue weighted by Crippen LogP contribution is 2.11. The van der Waals surface area contributed by atoms with E-state index in [4.69, 9.17) is 9.47 Å². The molecule has 0 bridgehead atoms. The monoisotopic (exact) mass is 292 g/mol. The molecule has 21 heavy (non-hydrogen) atoms. The first-order valence-corrected chi connectivity index (χ1v) is 6.86. The summed E-state index contributed by atoms with van der Waals surface area (Å²) < 4.78 is 10.8. The van der Waals surface area contributed by atoms with Crippen LogP contribution in [0.3, 0.4) is 0 Å². The van der Waals surface area contributed by atoms with Crippen LogP contribution in [0, 0.1) is 6.92 Å². The van der Waals surface area contributed by atoms with Crippen LogP contribution < -0.4 is 10.1 Å². The molecule has 1 atom stereocenters. The Labute approximate surface area is 124 Å². The van der Waals surface area contributed by atoms with Gasteiger partial charge in [0.15, 0.2) is 6.61 Å². The van der Waals surface area contributed by atoms with Crippen LogP contribution in [0.25, 0.3) is 0 Å². The number of carbonyl (C=O) groups is 2. The molecule has 1 unspecified atom stereocenters. The third kappa shape index (κ3) is 4.75. The lowest BCUT2D eigenvalue weighted by Crippen LogP contribution is -2.49. The maximum atomic E-state index is 11.7. The Hall–Kier alpha value is -2.08. The molecule has 1 heterocycles. The van der Waals surface area contributed by atoms with Gasteiger partial charge in [-0.25, -0.2) is 0 Å². The molecule has 2 rings (SSSR count). The van der Waals surface area contributed by atoms with Crippen molar-refractivity contribution in [3.05, 3.63) is 29.8 Å². The normalized spacial score (nSPS) is 18.5. The minimum atomic E-state index is -0.209. The molecule has 0 saturated carbocycles. The van der Waals surface area contributed by atoms with Crippen molar-refractivity contribution in [3.8, 4) is 5.75 Å². The zero-order valence-corrected chi connectivity index (χ0v) is 12.3. The van der Waals surface area contributed by atoms with E-state index in [1.165, 1.54) is 0 Å². The number of nitrogens with zero attached hydrogens (tertiary/aromatic N) is 1. The third-order valence-corrected chi connectivity index (χ3v) is 3.23. The molecule has 1 N–H and O–H groups in total. The lowest BCUT2D eigenvalue weighted by molar-refractivity contribution is -0.146. The molecule has 1 aromatic carbocycles. The number of hydrogen-bond donors (Lipinski definition) is 1. The Balaban J connectivity index is 1.69. The number of ether oxygens (including phenoxy) is 2. The SMILES string of the molecule is Cc1cccc(OCC(=O)NCC2CN(C)C(=O)CO2)c1. The standard InChI is InChI=1S/C15H20N2O4/c1-11-4-3-5-12(6-11)20-9-14(18)16-7-13-8-17(2)15(19)10-21-13/h3-6,13H,7-10H2,1-2H3,(H,16,18). The van der Waals surface area contributed by atoms with Gasteiger partial charge in [0.25, 0.3) is 5.91 Å². The maximum absolute atomic E-state index is 11.7. The van der Waals surface area contributed by atoms with Crippen LogP contribution in [-0.2, 0) is 14.3 Å². The molecule has 2 amide bonds. The van der Waals surface area contributed by atoms with Gasteiger partial charge in [-0.15, -0.1) is 0 Å². The second-order valence-electron chi connectivity index (χ2n) is 5.12. The molecule has 6 nitrogen and oxygen atoms in total. The molecule has 6 heteroatoms. The fourth-order valence-electron chi connectivity index (χ4n) is 2.02. The van der Waals surface area contributed by atoms with Crippen molar-refractivity contribution in [1.29, 1.82) is 0 Å². The zero-order valence-electron chi connectivity index (χ0n) is 12.3. The van der Waals surface area contributed by atoms with Gasteiger partial charge in [-0.2, -0.15) is 0 Å². The number of hydrogen-bond acceptors (Lipinski definition) is 4. The minimum absolute atomic E-state index is 0.0368. The molecule has 1 aromatic rings. The first kappa shape index (κ1) is 15.3. The van der Waals surface area contributed by atoms with Crippen molar-refractivity contribution >= 4 is 11.8 Å². The van der Waals surface area contributed by atoms with Crippen LogP contribution in [0.5, 0.6) is 5.75 Å². The molecule has 1 aliphatic rings. The topological polar surface area (TPSA) is 67.9 Å². The van der Waals surface area contributed by atoms with E-state index >= 15 is 0 Å². The Morgan fingerprint density at radius 3 is 3.05 bits per heavy atom. The van der Waals surface area contributed by atoms with Crippen LogP contribution in [0.2, 0.25) is 0 Å². The number of rotatable bonds is 5. The fourth-order valence-corrected chi connectivity index (χ4v) is 2.02. The smallest absolute Gasteiger partial charge is 0.258 e. The molecule has 1 saturated heterocycles. The molecule has 0 spiro atoms. The van der Waals surface area contributed by atoms with Gasteiger partial charge in [0, 0.05) is 20.1 Å². The molecule has 0 aromatic heterocycles. The predicted octanol–water partition coefficient (Wildman–Crippen LogP) is 0.347. The van der Waals surface area contributed by atoms with Gasteiger partial charge in [-0.1, -0.05) is 12.1 Å². The third-order valence-electron chi connectivity index (χ3n) is 3.23. The number of morpholine rings is 1. The van der Waals surface area contributed by atoms with Crippen molar-refractivity contribution in [2.24, 2.45) is 0 Å². The zero-order chi connectivity index (χ0) is 15.2. The second-order valence-corrected chi connectivity index (χ2v) is 5.12. The summed E-state index contributed by atoms with van der Waals surface area (Å²) in [4.78, 5) is 24.6. The highest BCUT2D eigenvalue weighted by molar-refractivity contribution is 5.78. The van der Waals surface area contributed by atoms with Crippen molar-refractivity contribution < 1.29 is 19.1 Å². The summed E-state index contributed by atoms with van der Waals surface area (Å²) in [6.45, 7) is 2.85. The Bertz CT molecular complexity index is 518. The summed E-state index contributed by atoms with van der Waals surface area (Å²) >= 11 is 0. The molecular formula is C15H20N2O4. The average Bonchev–Trinajstić information content (AvgIpc) is 2.46. The van der Waals surface area contributed by atoms with Gasteiger partial charge >= 0.3 is 0 Å². The van der Waals surface area contributed by atoms with Gasteiger partial charge in [0.2, 0.25) is 5.91 Å². The molecular weight excluding hydrogens is 272 g/mol. The summed E-state index contributed by atoms with van der Waals surface area (Å²) in [5.74, 6) is 0.421. The summed E-state index contributed by atoms with van der Waals surface area (Å²) in [5, 5.41) is 2.75. The number of likely N-dealkylation sites (N-methyl/N-ethyl adjacent to an activating group) is 1. The van der Waals surface area contributed by atoms with E-state index in [1.807, 2.05) is 31.2 Å². The number of aryl methyl sites for hydroxylation is 1. The van der Waals surface area contributed by atoms with Gasteiger partial charge in [0.05, 0.1) is 6.10 Å². The van der Waals surface area contributed by atoms with Crippen LogP contribution >= 0.6 is 0 Å². The van der Waals surface area contributed by atoms with Gasteiger partial charge in [-0.05, 0) is 24.6 Å². The van der Waals surface area contributed by atoms with Crippen molar-refractivity contribution in [1.82, 2.24) is 10.2 Å². The van der Waals surface area contributed by atoms with Gasteiger partial charge in [-0.3, -0.25) is 9.59 Å². The van der Waals surface area contributed by atoms with Crippen molar-refractivity contribution in [2.45, 2.75) is 13.0 Å². The van der Waals surface area contributed by atoms with Crippen LogP contribution in [-0.4, -0.2) is 56.2 Å². The van der Waals surface area contributed by atoms with Crippen molar-refractivity contribution in [2.75, 3.05) is 33.4 Å². The van der Waals surface area contributed by atoms with Gasteiger partial charge < -0.3 is 19.7 Å². The lowest BCUT2D eigenvalue weighted by atomic mass is 10.2. The van der Waals surface area contributed by atoms with E-state index < -0.39 is 0 Å². The largest absolute Gasteiger partial charge is 0.484 e. The van der Waals surface area contributed by atoms with Gasteiger partial charge in [0.1, 0.15) is 12.4 Å². The number of benzene rings is 1. The van der Waals surface area contributed by atoms with E-state index in [9.17, 15) is 9.59 Å². The summed E-state index contributed by atoms with van der Waals surface area (Å²) in [5.41, 5.74) is 1.08. The first-order chi connectivity index (χ1) is 10.0. The summed E-state index contributed by atoms with van der Waals surface area (Å²) in [6.07, 6.45) is -0.171. The number of nitrogens with one attached hydrogen (secondary N) is 1. The van der Waals surface area contributed by atoms with Crippen molar-refractivity contribution in [3.63, 3.8) is 0 Å². The van der Waals surface area contributed by atoms with E-state index in [0.717, 1.165) is 5.56 Å². The molecule has 1 aliphatic heterocycles. The summed E-state index contributed by atoms with van der Waals surface area (Å²) in [7, 11) is 1.72. The fraction of sp³-hybridized carbons (Fsp3) is 0.467. The van der Waals surface area contributed by atoms with Crippen LogP contribution in [0.1, 0.15) is 5.56 Å². The van der Waals surface area contributed by atoms with E-state index in [2.05, 4.69) is 5.32 Å². The number of carbonyl (C=O) groups excluding carboxylic acids is 2. The van der Waals surface area contributed by atoms with E-state index in [1.54, 1.807) is 11.9 Å². The van der Waals surface area contributed by atoms with Crippen LogP contribution in [0.4, 0.5) is 0 Å². The van der Waals surface area contributed by atoms with E-state index in [0.29, 0.717) is 18.8 Å². The first-order valence-electron chi connectivity index (χ1n) is 6.86. The highest BCUT2D eigenvalue weighted by Gasteiger charge is 2.23. The molecule has 114 valence electrons. The highest BCUT2D eigenvalue weighted by atomic mass is 16.5. The lowest BCUT2D eigenvalue weighted by Gasteiger charge is -2.29. The Morgan fingerprint density at radius 1 is 1.52 bits per heavy atom. The molecule has 0 aliphatic carbocycles. The maximum Gasteiger partial charge on any atom is 0.258 e. The Morgan fingerprint density at radius 2 is 2.33 bits per heavy atom. The quantitative estimate of drug-likeness (QED) is 0.850. The van der Waals surface area contributed by atoms with Crippen LogP contribution in [0.15, 0.2) is 24.3 Å². The second kappa shape index (κ2) is 7.08. The number of amides is 2. The molecule has 0 radical (unpaired) electrons. The minimum Gasteiger partial charge on any atom is -0.484 e. The van der Waals surface area contributed by atoms with E-state index in [-0.39, 0.29) is 31.1 Å². The summed E-state index contributed by atoms with van der Waals surface area (Å²) in [6, 6.07) is 7.53.